The average molecular weight is 154 g/mol. The van der Waals surface area contributed by atoms with Gasteiger partial charge in [-0.15, -0.1) is 0 Å². The second-order valence-electron chi connectivity index (χ2n) is 2.81. The first-order valence-electron chi connectivity index (χ1n) is 3.61. The van der Waals surface area contributed by atoms with Crippen LogP contribution in [0.2, 0.25) is 0 Å². The molecule has 0 saturated carbocycles. The fourth-order valence-corrected chi connectivity index (χ4v) is 1.32. The minimum Gasteiger partial charge on any atom is -0.382 e. The Morgan fingerprint density at radius 3 is 3.09 bits per heavy atom. The van der Waals surface area contributed by atoms with E-state index < -0.39 is 5.60 Å². The molecule has 0 amide bonds. The number of aromatic amines is 1. The molecule has 1 aromatic rings. The van der Waals surface area contributed by atoms with Gasteiger partial charge in [-0.25, -0.2) is 0 Å². The fourth-order valence-electron chi connectivity index (χ4n) is 1.32. The molecule has 0 unspecified atom stereocenters. The Balaban J connectivity index is 2.27. The summed E-state index contributed by atoms with van der Waals surface area (Å²) in [5, 5.41) is 22.9. The fraction of sp³-hybridized carbons (Fsp3) is 0.667. The Hall–Kier alpha value is -0.940. The molecule has 2 rings (SSSR count). The molecular formula is C6H10N4O. The summed E-state index contributed by atoms with van der Waals surface area (Å²) in [5.41, 5.74) is -0.171. The third-order valence-electron chi connectivity index (χ3n) is 2.02. The number of hydrogen-bond donors (Lipinski definition) is 3. The summed E-state index contributed by atoms with van der Waals surface area (Å²) >= 11 is 0. The molecule has 11 heavy (non-hydrogen) atoms. The molecule has 0 aliphatic carbocycles. The molecule has 1 saturated heterocycles. The minimum atomic E-state index is -0.799. The zero-order valence-electron chi connectivity index (χ0n) is 6.04. The molecule has 1 aliphatic rings. The molecule has 2 heterocycles. The summed E-state index contributed by atoms with van der Waals surface area (Å²) in [6, 6.07) is 0. The Morgan fingerprint density at radius 1 is 1.64 bits per heavy atom. The van der Waals surface area contributed by atoms with E-state index in [-0.39, 0.29) is 0 Å². The first kappa shape index (κ1) is 6.75. The van der Waals surface area contributed by atoms with E-state index in [0.29, 0.717) is 18.7 Å². The van der Waals surface area contributed by atoms with E-state index in [0.717, 1.165) is 6.54 Å². The van der Waals surface area contributed by atoms with Crippen molar-refractivity contribution >= 4 is 0 Å². The van der Waals surface area contributed by atoms with Crippen molar-refractivity contribution in [1.29, 1.82) is 0 Å². The lowest BCUT2D eigenvalue weighted by Gasteiger charge is -2.16. The summed E-state index contributed by atoms with van der Waals surface area (Å²) < 4.78 is 0. The van der Waals surface area contributed by atoms with Crippen LogP contribution in [0.1, 0.15) is 12.1 Å². The number of hydrogen-bond acceptors (Lipinski definition) is 4. The third-order valence-corrected chi connectivity index (χ3v) is 2.02. The molecular weight excluding hydrogens is 144 g/mol. The molecule has 1 atom stereocenters. The predicted molar refractivity (Wildman–Crippen MR) is 37.8 cm³/mol. The van der Waals surface area contributed by atoms with Crippen LogP contribution in [0.4, 0.5) is 0 Å². The van der Waals surface area contributed by atoms with Crippen molar-refractivity contribution < 1.29 is 5.11 Å². The highest BCUT2D eigenvalue weighted by Gasteiger charge is 2.35. The summed E-state index contributed by atoms with van der Waals surface area (Å²) in [7, 11) is 0. The zero-order valence-corrected chi connectivity index (χ0v) is 6.04. The van der Waals surface area contributed by atoms with Crippen LogP contribution >= 0.6 is 0 Å². The standard InChI is InChI=1S/C6H10N4O/c11-6(1-2-7-4-6)5-3-8-10-9-5/h3,7,11H,1-2,4H2,(H,8,9,10)/t6-/m0/s1. The average Bonchev–Trinajstić information content (AvgIpc) is 2.55. The van der Waals surface area contributed by atoms with Crippen molar-refractivity contribution in [2.45, 2.75) is 12.0 Å². The van der Waals surface area contributed by atoms with E-state index >= 15 is 0 Å². The normalized spacial score (nSPS) is 31.0. The van der Waals surface area contributed by atoms with E-state index in [9.17, 15) is 5.11 Å². The molecule has 0 radical (unpaired) electrons. The number of aliphatic hydroxyl groups is 1. The van der Waals surface area contributed by atoms with Gasteiger partial charge in [-0.1, -0.05) is 0 Å². The van der Waals surface area contributed by atoms with Gasteiger partial charge in [0.05, 0.1) is 6.20 Å². The molecule has 1 fully saturated rings. The number of nitrogens with one attached hydrogen (secondary N) is 2. The van der Waals surface area contributed by atoms with Gasteiger partial charge in [-0.05, 0) is 13.0 Å². The zero-order chi connectivity index (χ0) is 7.73. The van der Waals surface area contributed by atoms with Crippen molar-refractivity contribution in [2.24, 2.45) is 0 Å². The number of H-pyrrole nitrogens is 1. The van der Waals surface area contributed by atoms with E-state index in [1.165, 1.54) is 0 Å². The number of β-amino-alcohol motifs (C(OH)–C–C–N with tert-alkyl or cyclic N) is 1. The van der Waals surface area contributed by atoms with Gasteiger partial charge in [-0.3, -0.25) is 0 Å². The van der Waals surface area contributed by atoms with E-state index in [1.54, 1.807) is 6.20 Å². The summed E-state index contributed by atoms with van der Waals surface area (Å²) in [5.74, 6) is 0. The molecule has 0 spiro atoms. The maximum absolute atomic E-state index is 9.87. The summed E-state index contributed by atoms with van der Waals surface area (Å²) in [4.78, 5) is 0. The minimum absolute atomic E-state index is 0.569. The van der Waals surface area contributed by atoms with Crippen molar-refractivity contribution in [1.82, 2.24) is 20.7 Å². The highest BCUT2D eigenvalue weighted by Crippen LogP contribution is 2.24. The van der Waals surface area contributed by atoms with Crippen LogP contribution < -0.4 is 5.32 Å². The molecule has 0 aromatic carbocycles. The lowest BCUT2D eigenvalue weighted by Crippen LogP contribution is -2.28. The molecule has 1 aromatic heterocycles. The lowest BCUT2D eigenvalue weighted by molar-refractivity contribution is 0.0541. The van der Waals surface area contributed by atoms with Crippen LogP contribution in [-0.4, -0.2) is 33.6 Å². The first-order chi connectivity index (χ1) is 5.31. The van der Waals surface area contributed by atoms with Crippen LogP contribution in [0.15, 0.2) is 6.20 Å². The molecule has 3 N–H and O–H groups in total. The maximum Gasteiger partial charge on any atom is 0.123 e. The van der Waals surface area contributed by atoms with Gasteiger partial charge in [0.15, 0.2) is 0 Å². The van der Waals surface area contributed by atoms with Gasteiger partial charge < -0.3 is 10.4 Å². The highest BCUT2D eigenvalue weighted by molar-refractivity contribution is 5.09. The van der Waals surface area contributed by atoms with Crippen LogP contribution in [0.3, 0.4) is 0 Å². The van der Waals surface area contributed by atoms with E-state index in [2.05, 4.69) is 20.7 Å². The maximum atomic E-state index is 9.87. The largest absolute Gasteiger partial charge is 0.382 e. The Morgan fingerprint density at radius 2 is 2.55 bits per heavy atom. The third kappa shape index (κ3) is 1.02. The molecule has 1 aliphatic heterocycles. The highest BCUT2D eigenvalue weighted by atomic mass is 16.3. The lowest BCUT2D eigenvalue weighted by atomic mass is 10.0. The molecule has 5 nitrogen and oxygen atoms in total. The Labute approximate surface area is 63.8 Å². The predicted octanol–water partition coefficient (Wildman–Crippen LogP) is -1.01. The van der Waals surface area contributed by atoms with Gasteiger partial charge in [-0.2, -0.15) is 15.4 Å². The summed E-state index contributed by atoms with van der Waals surface area (Å²) in [6.45, 7) is 1.41. The summed E-state index contributed by atoms with van der Waals surface area (Å²) in [6.07, 6.45) is 2.27. The Kier molecular flexibility index (Phi) is 1.40. The number of rotatable bonds is 1. The molecule has 0 bridgehead atoms. The monoisotopic (exact) mass is 154 g/mol. The smallest absolute Gasteiger partial charge is 0.123 e. The molecule has 5 heteroatoms. The van der Waals surface area contributed by atoms with Crippen LogP contribution in [-0.2, 0) is 5.60 Å². The van der Waals surface area contributed by atoms with Gasteiger partial charge >= 0.3 is 0 Å². The van der Waals surface area contributed by atoms with Crippen molar-refractivity contribution in [3.63, 3.8) is 0 Å². The topological polar surface area (TPSA) is 73.8 Å². The van der Waals surface area contributed by atoms with Crippen LogP contribution in [0.5, 0.6) is 0 Å². The van der Waals surface area contributed by atoms with Gasteiger partial charge in [0.25, 0.3) is 0 Å². The molecule has 60 valence electrons. The van der Waals surface area contributed by atoms with Gasteiger partial charge in [0.2, 0.25) is 0 Å². The van der Waals surface area contributed by atoms with E-state index in [1.807, 2.05) is 0 Å². The van der Waals surface area contributed by atoms with Crippen LogP contribution in [0, 0.1) is 0 Å². The van der Waals surface area contributed by atoms with Crippen molar-refractivity contribution in [3.05, 3.63) is 11.9 Å². The SMILES string of the molecule is O[C@@]1(c2cn[nH]n2)CCNC1. The van der Waals surface area contributed by atoms with E-state index in [4.69, 9.17) is 0 Å². The Bertz CT molecular complexity index is 227. The van der Waals surface area contributed by atoms with Gasteiger partial charge in [0, 0.05) is 6.54 Å². The van der Waals surface area contributed by atoms with Gasteiger partial charge in [0.1, 0.15) is 11.3 Å². The number of aromatic nitrogens is 3. The second-order valence-corrected chi connectivity index (χ2v) is 2.81. The number of nitrogens with zero attached hydrogens (tertiary/aromatic N) is 2. The van der Waals surface area contributed by atoms with Crippen molar-refractivity contribution in [3.8, 4) is 0 Å². The van der Waals surface area contributed by atoms with Crippen LogP contribution in [0.25, 0.3) is 0 Å². The quantitative estimate of drug-likeness (QED) is 0.484. The first-order valence-corrected chi connectivity index (χ1v) is 3.61. The van der Waals surface area contributed by atoms with Crippen molar-refractivity contribution in [2.75, 3.05) is 13.1 Å². The second kappa shape index (κ2) is 2.28.